The van der Waals surface area contributed by atoms with E-state index in [-0.39, 0.29) is 17.0 Å². The number of alkyl halides is 3. The van der Waals surface area contributed by atoms with Crippen molar-refractivity contribution in [1.29, 1.82) is 0 Å². The van der Waals surface area contributed by atoms with E-state index in [2.05, 4.69) is 0 Å². The Morgan fingerprint density at radius 2 is 1.70 bits per heavy atom. The molecule has 0 heterocycles. The summed E-state index contributed by atoms with van der Waals surface area (Å²) >= 11 is 0. The number of rotatable bonds is 6. The molecular weight excluding hydrogens is 385 g/mol. The number of halogens is 3. The van der Waals surface area contributed by atoms with Gasteiger partial charge in [-0.25, -0.2) is 8.42 Å². The number of nitrogens with zero attached hydrogens (tertiary/aromatic N) is 1. The van der Waals surface area contributed by atoms with Crippen LogP contribution in [-0.4, -0.2) is 43.9 Å². The predicted octanol–water partition coefficient (Wildman–Crippen LogP) is 2.53. The monoisotopic (exact) mass is 408 g/mol. The zero-order chi connectivity index (χ0) is 20.4. The molecule has 1 fully saturated rings. The van der Waals surface area contributed by atoms with Crippen LogP contribution < -0.4 is 5.73 Å². The molecule has 2 N–H and O–H groups in total. The molecule has 10 heteroatoms. The van der Waals surface area contributed by atoms with Crippen molar-refractivity contribution in [2.45, 2.75) is 61.9 Å². The van der Waals surface area contributed by atoms with Gasteiger partial charge in [-0.3, -0.25) is 4.79 Å². The summed E-state index contributed by atoms with van der Waals surface area (Å²) in [5, 5.41) is 0. The summed E-state index contributed by atoms with van der Waals surface area (Å²) in [7, 11) is -2.48. The van der Waals surface area contributed by atoms with Crippen LogP contribution in [0.4, 0.5) is 13.2 Å². The Bertz CT molecular complexity index is 757. The van der Waals surface area contributed by atoms with Gasteiger partial charge in [-0.05, 0) is 56.9 Å². The number of carbonyl (C=O) groups is 1. The summed E-state index contributed by atoms with van der Waals surface area (Å²) < 4.78 is 70.1. The highest BCUT2D eigenvalue weighted by Gasteiger charge is 2.34. The Kier molecular flexibility index (Phi) is 6.54. The lowest BCUT2D eigenvalue weighted by molar-refractivity contribution is -0.137. The molecule has 1 aromatic carbocycles. The molecule has 1 amide bonds. The van der Waals surface area contributed by atoms with E-state index in [1.165, 1.54) is 11.4 Å². The molecule has 0 spiro atoms. The average molecular weight is 408 g/mol. The molecule has 0 bridgehead atoms. The van der Waals surface area contributed by atoms with E-state index < -0.39 is 33.8 Å². The number of carbonyl (C=O) groups excluding carboxylic acids is 1. The fraction of sp³-hybridized carbons (Fsp3) is 0.588. The Labute approximate surface area is 156 Å². The molecule has 6 nitrogen and oxygen atoms in total. The van der Waals surface area contributed by atoms with Crippen LogP contribution in [0.1, 0.15) is 38.2 Å². The normalized spacial score (nSPS) is 22.6. The molecule has 1 aliphatic carbocycles. The molecule has 152 valence electrons. The Balaban J connectivity index is 2.02. The molecule has 2 rings (SSSR count). The number of sulfonamides is 1. The molecule has 27 heavy (non-hydrogen) atoms. The highest BCUT2D eigenvalue weighted by molar-refractivity contribution is 7.89. The van der Waals surface area contributed by atoms with Crippen molar-refractivity contribution in [1.82, 2.24) is 4.31 Å². The molecule has 0 saturated heterocycles. The maximum Gasteiger partial charge on any atom is 0.416 e. The summed E-state index contributed by atoms with van der Waals surface area (Å²) in [6.07, 6.45) is -3.23. The number of hydrogen-bond acceptors (Lipinski definition) is 4. The van der Waals surface area contributed by atoms with Crippen molar-refractivity contribution in [3.8, 4) is 0 Å². The molecule has 1 unspecified atom stereocenters. The lowest BCUT2D eigenvalue weighted by atomic mass is 9.93. The zero-order valence-corrected chi connectivity index (χ0v) is 15.9. The van der Waals surface area contributed by atoms with Crippen molar-refractivity contribution in [2.24, 2.45) is 5.73 Å². The van der Waals surface area contributed by atoms with Gasteiger partial charge in [-0.2, -0.15) is 17.5 Å². The fourth-order valence-electron chi connectivity index (χ4n) is 3.08. The van der Waals surface area contributed by atoms with Gasteiger partial charge in [-0.1, -0.05) is 0 Å². The van der Waals surface area contributed by atoms with Crippen LogP contribution in [0.15, 0.2) is 29.2 Å². The molecule has 1 atom stereocenters. The fourth-order valence-corrected chi connectivity index (χ4v) is 4.49. The first-order valence-electron chi connectivity index (χ1n) is 8.53. The van der Waals surface area contributed by atoms with E-state index in [0.717, 1.165) is 24.3 Å². The van der Waals surface area contributed by atoms with Crippen LogP contribution in [0.25, 0.3) is 0 Å². The van der Waals surface area contributed by atoms with Gasteiger partial charge in [0.15, 0.2) is 0 Å². The van der Waals surface area contributed by atoms with E-state index in [0.29, 0.717) is 25.7 Å². The molecular formula is C17H23F3N2O4S. The molecule has 1 saturated carbocycles. The average Bonchev–Trinajstić information content (AvgIpc) is 2.61. The van der Waals surface area contributed by atoms with Crippen LogP contribution in [-0.2, 0) is 25.7 Å². The highest BCUT2D eigenvalue weighted by atomic mass is 32.2. The van der Waals surface area contributed by atoms with E-state index in [1.54, 1.807) is 6.92 Å². The molecule has 1 aromatic rings. The van der Waals surface area contributed by atoms with Gasteiger partial charge >= 0.3 is 6.18 Å². The van der Waals surface area contributed by atoms with E-state index in [9.17, 15) is 26.4 Å². The first-order chi connectivity index (χ1) is 12.4. The lowest BCUT2D eigenvalue weighted by Crippen LogP contribution is -2.42. The van der Waals surface area contributed by atoms with Crippen molar-refractivity contribution >= 4 is 15.9 Å². The number of ether oxygens (including phenoxy) is 1. The maximum absolute atomic E-state index is 12.7. The summed E-state index contributed by atoms with van der Waals surface area (Å²) in [5.41, 5.74) is 4.27. The van der Waals surface area contributed by atoms with Gasteiger partial charge in [0.1, 0.15) is 6.10 Å². The lowest BCUT2D eigenvalue weighted by Gasteiger charge is -2.34. The molecule has 0 aromatic heterocycles. The van der Waals surface area contributed by atoms with Crippen LogP contribution in [0, 0.1) is 0 Å². The van der Waals surface area contributed by atoms with Crippen molar-refractivity contribution in [2.75, 3.05) is 7.05 Å². The summed E-state index contributed by atoms with van der Waals surface area (Å²) in [4.78, 5) is 10.9. The number of primary amides is 1. The van der Waals surface area contributed by atoms with Gasteiger partial charge in [0.05, 0.1) is 16.6 Å². The summed E-state index contributed by atoms with van der Waals surface area (Å²) in [6, 6.07) is 3.17. The van der Waals surface area contributed by atoms with E-state index >= 15 is 0 Å². The van der Waals surface area contributed by atoms with Crippen molar-refractivity contribution < 1.29 is 31.1 Å². The topological polar surface area (TPSA) is 89.7 Å². The van der Waals surface area contributed by atoms with Gasteiger partial charge in [-0.15, -0.1) is 0 Å². The largest absolute Gasteiger partial charge is 0.416 e. The van der Waals surface area contributed by atoms with Gasteiger partial charge in [0, 0.05) is 13.1 Å². The Hall–Kier alpha value is -1.65. The number of amides is 1. The summed E-state index contributed by atoms with van der Waals surface area (Å²) in [5.74, 6) is -0.556. The van der Waals surface area contributed by atoms with E-state index in [1.807, 2.05) is 0 Å². The SMILES string of the molecule is CC(OC1CCC(N(C)S(=O)(=O)c2ccc(C(F)(F)F)cc2)CC1)C(N)=O. The summed E-state index contributed by atoms with van der Waals surface area (Å²) in [6.45, 7) is 1.57. The van der Waals surface area contributed by atoms with E-state index in [4.69, 9.17) is 10.5 Å². The zero-order valence-electron chi connectivity index (χ0n) is 15.1. The minimum absolute atomic E-state index is 0.175. The number of nitrogens with two attached hydrogens (primary N) is 1. The first-order valence-corrected chi connectivity index (χ1v) is 9.97. The first kappa shape index (κ1) is 21.6. The second kappa shape index (κ2) is 8.15. The van der Waals surface area contributed by atoms with Crippen LogP contribution >= 0.6 is 0 Å². The second-order valence-electron chi connectivity index (χ2n) is 6.65. The third kappa shape index (κ3) is 5.20. The van der Waals surface area contributed by atoms with Gasteiger partial charge < -0.3 is 10.5 Å². The predicted molar refractivity (Wildman–Crippen MR) is 92.2 cm³/mol. The van der Waals surface area contributed by atoms with Gasteiger partial charge in [0.25, 0.3) is 0 Å². The minimum Gasteiger partial charge on any atom is -0.367 e. The smallest absolute Gasteiger partial charge is 0.367 e. The number of hydrogen-bond donors (Lipinski definition) is 1. The van der Waals surface area contributed by atoms with Crippen molar-refractivity contribution in [3.63, 3.8) is 0 Å². The van der Waals surface area contributed by atoms with Crippen molar-refractivity contribution in [3.05, 3.63) is 29.8 Å². The molecule has 0 radical (unpaired) electrons. The van der Waals surface area contributed by atoms with Crippen LogP contribution in [0.5, 0.6) is 0 Å². The standard InChI is InChI=1S/C17H23F3N2O4S/c1-11(16(21)23)26-14-7-5-13(6-8-14)22(2)27(24,25)15-9-3-12(4-10-15)17(18,19)20/h3-4,9-11,13-14H,5-8H2,1-2H3,(H2,21,23). The van der Waals surface area contributed by atoms with Crippen LogP contribution in [0.3, 0.4) is 0 Å². The van der Waals surface area contributed by atoms with Gasteiger partial charge in [0.2, 0.25) is 15.9 Å². The van der Waals surface area contributed by atoms with Crippen LogP contribution in [0.2, 0.25) is 0 Å². The number of benzene rings is 1. The third-order valence-corrected chi connectivity index (χ3v) is 6.74. The minimum atomic E-state index is -4.52. The highest BCUT2D eigenvalue weighted by Crippen LogP contribution is 2.32. The molecule has 1 aliphatic rings. The Morgan fingerprint density at radius 1 is 1.19 bits per heavy atom. The maximum atomic E-state index is 12.7. The second-order valence-corrected chi connectivity index (χ2v) is 8.65. The quantitative estimate of drug-likeness (QED) is 0.783. The Morgan fingerprint density at radius 3 is 2.15 bits per heavy atom. The molecule has 0 aliphatic heterocycles. The third-order valence-electron chi connectivity index (χ3n) is 4.81.